The van der Waals surface area contributed by atoms with Crippen molar-refractivity contribution in [3.05, 3.63) is 134 Å². The van der Waals surface area contributed by atoms with Crippen LogP contribution in [0.5, 0.6) is 0 Å². The Kier molecular flexibility index (Phi) is 67.2. The number of hydrogen-bond acceptors (Lipinski definition) is 15. The van der Waals surface area contributed by atoms with E-state index < -0.39 is 97.5 Å². The van der Waals surface area contributed by atoms with E-state index in [2.05, 4.69) is 137 Å². The van der Waals surface area contributed by atoms with E-state index in [1.54, 1.807) is 6.08 Å². The fraction of sp³-hybridized carbons (Fsp3) is 0.671. The molecule has 0 aliphatic carbocycles. The first kappa shape index (κ1) is 93.2. The Morgan fingerprint density at radius 1 is 0.306 bits per heavy atom. The summed E-state index contributed by atoms with van der Waals surface area (Å²) in [6.07, 6.45) is 77.7. The molecule has 3 N–H and O–H groups in total. The number of ether oxygens (including phenoxy) is 4. The molecule has 19 heteroatoms. The summed E-state index contributed by atoms with van der Waals surface area (Å²) in [6.45, 7) is 4.40. The highest BCUT2D eigenvalue weighted by molar-refractivity contribution is 7.47. The molecule has 98 heavy (non-hydrogen) atoms. The zero-order chi connectivity index (χ0) is 71.8. The van der Waals surface area contributed by atoms with Crippen LogP contribution in [0.15, 0.2) is 134 Å². The summed E-state index contributed by atoms with van der Waals surface area (Å²) in [5.41, 5.74) is 0. The van der Waals surface area contributed by atoms with Gasteiger partial charge in [0.05, 0.1) is 32.8 Å². The minimum Gasteiger partial charge on any atom is -0.462 e. The summed E-state index contributed by atoms with van der Waals surface area (Å²) in [6, 6.07) is 0. The Balaban J connectivity index is 5.45. The Labute approximate surface area is 593 Å². The number of aliphatic hydroxyl groups excluding tert-OH is 1. The number of rotatable bonds is 69. The van der Waals surface area contributed by atoms with Crippen LogP contribution in [0.25, 0.3) is 0 Å². The van der Waals surface area contributed by atoms with Gasteiger partial charge in [-0.2, -0.15) is 0 Å². The predicted molar refractivity (Wildman–Crippen MR) is 399 cm³/mol. The van der Waals surface area contributed by atoms with Gasteiger partial charge in [0.1, 0.15) is 19.3 Å². The molecule has 5 unspecified atom stereocenters. The van der Waals surface area contributed by atoms with Crippen LogP contribution < -0.4 is 0 Å². The molecule has 5 atom stereocenters. The van der Waals surface area contributed by atoms with E-state index >= 15 is 0 Å². The molecule has 0 aliphatic heterocycles. The van der Waals surface area contributed by atoms with Gasteiger partial charge in [-0.25, -0.2) is 9.13 Å². The summed E-state index contributed by atoms with van der Waals surface area (Å²) in [5, 5.41) is 10.6. The molecule has 0 amide bonds. The number of allylic oxidation sites excluding steroid dienone is 21. The number of carbonyl (C=O) groups excluding carboxylic acids is 4. The van der Waals surface area contributed by atoms with Crippen LogP contribution in [0.2, 0.25) is 0 Å². The normalized spacial score (nSPS) is 14.7. The fourth-order valence-corrected chi connectivity index (χ4v) is 11.1. The number of aliphatic hydroxyl groups is 1. The summed E-state index contributed by atoms with van der Waals surface area (Å²) < 4.78 is 68.2. The van der Waals surface area contributed by atoms with Crippen LogP contribution in [0.1, 0.15) is 285 Å². The molecule has 0 saturated heterocycles. The van der Waals surface area contributed by atoms with Gasteiger partial charge in [0.25, 0.3) is 0 Å². The van der Waals surface area contributed by atoms with Crippen molar-refractivity contribution in [3.63, 3.8) is 0 Å². The molecule has 0 heterocycles. The lowest BCUT2D eigenvalue weighted by Crippen LogP contribution is -2.30. The Hall–Kier alpha value is -4.80. The van der Waals surface area contributed by atoms with Crippen molar-refractivity contribution in [2.75, 3.05) is 39.6 Å². The fourth-order valence-electron chi connectivity index (χ4n) is 9.50. The first-order valence-corrected chi connectivity index (χ1v) is 40.4. The molecule has 17 nitrogen and oxygen atoms in total. The standard InChI is InChI=1S/C79H132O17P2/c1-5-9-13-17-21-25-29-33-36-40-43-47-51-55-59-63-76(81)89-69-74(95-78(83)65-61-57-53-49-45-39-32-28-24-20-16-12-8-4)71-93-97(85,86)91-67-73(80)68-92-98(87,88)94-72-75(96-79(84)66-62-58-54-50-46-42-38-35-31-27-23-19-15-11-7-3)70-90-77(82)64-60-56-52-48-44-41-37-34-30-26-22-18-14-10-6-2/h9-10,13-14,16,20-22,25-26,28,32-34,36-37,43-44,47-48,55,59,73-75,80H,5-8,11-12,15,17-19,23-24,27,29-31,35,38-42,45-46,49-54,56-58,60-72H2,1-4H3,(H,85,86)(H,87,88)/b13-9-,14-10-,20-16-,25-21-,26-22-,32-28-,36-33-,37-34-,47-43-,48-44-,59-55-. The van der Waals surface area contributed by atoms with Gasteiger partial charge in [0.15, 0.2) is 12.2 Å². The molecular formula is C79H132O17P2. The molecule has 0 aliphatic rings. The van der Waals surface area contributed by atoms with Gasteiger partial charge in [-0.05, 0) is 116 Å². The third-order valence-electron chi connectivity index (χ3n) is 15.1. The van der Waals surface area contributed by atoms with E-state index in [4.69, 9.17) is 37.0 Å². The third-order valence-corrected chi connectivity index (χ3v) is 17.0. The molecule has 0 rings (SSSR count). The number of hydrogen-bond donors (Lipinski definition) is 3. The second kappa shape index (κ2) is 70.6. The molecule has 0 aromatic carbocycles. The highest BCUT2D eigenvalue weighted by atomic mass is 31.2. The van der Waals surface area contributed by atoms with Crippen molar-refractivity contribution in [2.24, 2.45) is 0 Å². The lowest BCUT2D eigenvalue weighted by Gasteiger charge is -2.21. The topological polar surface area (TPSA) is 237 Å². The maximum Gasteiger partial charge on any atom is 0.472 e. The molecule has 0 aromatic rings. The smallest absolute Gasteiger partial charge is 0.462 e. The zero-order valence-corrected chi connectivity index (χ0v) is 62.7. The van der Waals surface area contributed by atoms with Crippen LogP contribution in [0, 0.1) is 0 Å². The van der Waals surface area contributed by atoms with Gasteiger partial charge in [-0.15, -0.1) is 0 Å². The lowest BCUT2D eigenvalue weighted by atomic mass is 10.0. The molecule has 0 spiro atoms. The van der Waals surface area contributed by atoms with Gasteiger partial charge in [-0.3, -0.25) is 37.3 Å². The molecular weight excluding hydrogens is 1280 g/mol. The van der Waals surface area contributed by atoms with Crippen LogP contribution in [-0.4, -0.2) is 96.7 Å². The van der Waals surface area contributed by atoms with Gasteiger partial charge in [0.2, 0.25) is 0 Å². The van der Waals surface area contributed by atoms with Gasteiger partial charge in [-0.1, -0.05) is 277 Å². The van der Waals surface area contributed by atoms with E-state index in [0.717, 1.165) is 141 Å². The summed E-state index contributed by atoms with van der Waals surface area (Å²) >= 11 is 0. The van der Waals surface area contributed by atoms with Gasteiger partial charge < -0.3 is 33.8 Å². The highest BCUT2D eigenvalue weighted by Crippen LogP contribution is 2.45. The lowest BCUT2D eigenvalue weighted by molar-refractivity contribution is -0.161. The molecule has 0 aromatic heterocycles. The van der Waals surface area contributed by atoms with Crippen molar-refractivity contribution < 1.29 is 80.2 Å². The molecule has 0 fully saturated rings. The molecule has 0 radical (unpaired) electrons. The number of phosphoric ester groups is 2. The minimum absolute atomic E-state index is 0.0554. The summed E-state index contributed by atoms with van der Waals surface area (Å²) in [4.78, 5) is 72.7. The van der Waals surface area contributed by atoms with E-state index in [0.29, 0.717) is 25.7 Å². The number of unbranched alkanes of at least 4 members (excludes halogenated alkanes) is 22. The second-order valence-electron chi connectivity index (χ2n) is 24.5. The van der Waals surface area contributed by atoms with Crippen molar-refractivity contribution in [2.45, 2.75) is 303 Å². The van der Waals surface area contributed by atoms with E-state index in [9.17, 15) is 43.2 Å². The molecule has 0 bridgehead atoms. The Morgan fingerprint density at radius 2 is 0.592 bits per heavy atom. The first-order valence-electron chi connectivity index (χ1n) is 37.4. The monoisotopic (exact) mass is 1410 g/mol. The van der Waals surface area contributed by atoms with E-state index in [1.165, 1.54) is 64.2 Å². The van der Waals surface area contributed by atoms with Gasteiger partial charge in [0, 0.05) is 19.3 Å². The van der Waals surface area contributed by atoms with Crippen LogP contribution in [0.4, 0.5) is 0 Å². The summed E-state index contributed by atoms with van der Waals surface area (Å²) in [7, 11) is -9.99. The Morgan fingerprint density at radius 3 is 0.969 bits per heavy atom. The maximum absolute atomic E-state index is 13.1. The van der Waals surface area contributed by atoms with Crippen molar-refractivity contribution in [1.29, 1.82) is 0 Å². The van der Waals surface area contributed by atoms with Crippen LogP contribution in [-0.2, 0) is 65.4 Å². The molecule has 560 valence electrons. The summed E-state index contributed by atoms with van der Waals surface area (Å²) in [5.74, 6) is -2.39. The average molecular weight is 1420 g/mol. The average Bonchev–Trinajstić information content (AvgIpc) is 0.959. The Bertz CT molecular complexity index is 2380. The number of esters is 4. The minimum atomic E-state index is -5.00. The van der Waals surface area contributed by atoms with E-state index in [1.807, 2.05) is 18.2 Å². The van der Waals surface area contributed by atoms with Crippen molar-refractivity contribution in [3.8, 4) is 0 Å². The SMILES string of the molecule is CC/C=C\C/C=C\C/C=C\C/C=C\C/C=C\CC(=O)OCC(COP(=O)(O)OCC(O)COP(=O)(O)OCC(COC(=O)CCCC/C=C\C/C=C\C/C=C\C/C=C\CC)OC(=O)CCCCCCCCCCCCCCCCC)OC(=O)CCCCCCC/C=C\C/C=C\CCC. The number of carbonyl (C=O) groups is 4. The first-order chi connectivity index (χ1) is 47.7. The maximum atomic E-state index is 13.1. The largest absolute Gasteiger partial charge is 0.472 e. The molecule has 0 saturated carbocycles. The zero-order valence-electron chi connectivity index (χ0n) is 60.9. The quantitative estimate of drug-likeness (QED) is 0.0169. The van der Waals surface area contributed by atoms with Crippen LogP contribution in [0.3, 0.4) is 0 Å². The number of phosphoric acid groups is 2. The highest BCUT2D eigenvalue weighted by Gasteiger charge is 2.30. The van der Waals surface area contributed by atoms with Gasteiger partial charge >= 0.3 is 39.5 Å². The third kappa shape index (κ3) is 69.7. The second-order valence-corrected chi connectivity index (χ2v) is 27.4. The van der Waals surface area contributed by atoms with E-state index in [-0.39, 0.29) is 25.7 Å². The van der Waals surface area contributed by atoms with Crippen molar-refractivity contribution in [1.82, 2.24) is 0 Å². The van der Waals surface area contributed by atoms with Crippen molar-refractivity contribution >= 4 is 39.5 Å². The predicted octanol–water partition coefficient (Wildman–Crippen LogP) is 21.3. The van der Waals surface area contributed by atoms with Crippen LogP contribution >= 0.6 is 15.6 Å².